The molecular weight excluding hydrogens is 273 g/mol. The largest absolute Gasteiger partial charge is 0.810 e. The third-order valence-corrected chi connectivity index (χ3v) is 4.84. The van der Waals surface area contributed by atoms with Crippen molar-refractivity contribution in [1.82, 2.24) is 14.6 Å². The minimum atomic E-state index is -4.45. The molecule has 0 aliphatic rings. The molecule has 0 aliphatic heterocycles. The highest BCUT2D eigenvalue weighted by Crippen LogP contribution is 2.30. The molecule has 18 heavy (non-hydrogen) atoms. The quantitative estimate of drug-likeness (QED) is 0.738. The Labute approximate surface area is 109 Å². The second-order valence-electron chi connectivity index (χ2n) is 3.78. The number of aryl methyl sites for hydroxylation is 1. The van der Waals surface area contributed by atoms with E-state index in [4.69, 9.17) is 0 Å². The smallest absolute Gasteiger partial charge is 0.155 e. The summed E-state index contributed by atoms with van der Waals surface area (Å²) in [5.41, 5.74) is 2.10. The molecule has 0 fully saturated rings. The van der Waals surface area contributed by atoms with Gasteiger partial charge in [-0.2, -0.15) is 16.9 Å². The van der Waals surface area contributed by atoms with E-state index in [1.807, 2.05) is 13.0 Å². The van der Waals surface area contributed by atoms with Gasteiger partial charge in [0.2, 0.25) is 0 Å². The third kappa shape index (κ3) is 3.32. The second-order valence-corrected chi connectivity index (χ2v) is 6.73. The first kappa shape index (κ1) is 13.5. The maximum Gasteiger partial charge on any atom is 0.155 e. The van der Waals surface area contributed by atoms with Crippen molar-refractivity contribution in [3.05, 3.63) is 29.7 Å². The van der Waals surface area contributed by atoms with E-state index in [9.17, 15) is 14.4 Å². The fourth-order valence-corrected chi connectivity index (χ4v) is 3.26. The summed E-state index contributed by atoms with van der Waals surface area (Å²) in [6.07, 6.45) is 2.43. The van der Waals surface area contributed by atoms with Gasteiger partial charge in [0.1, 0.15) is 0 Å². The van der Waals surface area contributed by atoms with E-state index in [2.05, 4.69) is 10.1 Å². The summed E-state index contributed by atoms with van der Waals surface area (Å²) in [4.78, 5) is 25.5. The van der Waals surface area contributed by atoms with Crippen LogP contribution in [0.2, 0.25) is 0 Å². The molecule has 2 rings (SSSR count). The van der Waals surface area contributed by atoms with Crippen LogP contribution in [-0.2, 0) is 16.7 Å². The number of thioether (sulfide) groups is 1. The van der Waals surface area contributed by atoms with Gasteiger partial charge in [0.05, 0.1) is 11.9 Å². The summed E-state index contributed by atoms with van der Waals surface area (Å²) in [6, 6.07) is 3.67. The molecule has 0 radical (unpaired) electrons. The monoisotopic (exact) mass is 285 g/mol. The zero-order valence-electron chi connectivity index (χ0n) is 9.78. The average molecular weight is 285 g/mol. The fraction of sp³-hybridized carbons (Fsp3) is 0.400. The van der Waals surface area contributed by atoms with Gasteiger partial charge < -0.3 is 14.4 Å². The van der Waals surface area contributed by atoms with Crippen LogP contribution in [0.1, 0.15) is 18.3 Å². The normalized spacial score (nSPS) is 12.2. The average Bonchev–Trinajstić information content (AvgIpc) is 2.75. The van der Waals surface area contributed by atoms with Crippen LogP contribution in [0.25, 0.3) is 5.65 Å². The van der Waals surface area contributed by atoms with Crippen LogP contribution in [0, 0.1) is 0 Å². The summed E-state index contributed by atoms with van der Waals surface area (Å²) in [5, 5.41) is 4.12. The lowest BCUT2D eigenvalue weighted by Crippen LogP contribution is -2.15. The van der Waals surface area contributed by atoms with Gasteiger partial charge in [0.15, 0.2) is 5.65 Å². The highest BCUT2D eigenvalue weighted by molar-refractivity contribution is 8.03. The first-order valence-corrected chi connectivity index (χ1v) is 8.29. The maximum absolute atomic E-state index is 10.6. The number of aromatic nitrogens is 3. The van der Waals surface area contributed by atoms with Crippen molar-refractivity contribution in [2.24, 2.45) is 0 Å². The van der Waals surface area contributed by atoms with Gasteiger partial charge in [-0.3, -0.25) is 0 Å². The summed E-state index contributed by atoms with van der Waals surface area (Å²) in [6.45, 7) is 2.00. The lowest BCUT2D eigenvalue weighted by molar-refractivity contribution is -0.311. The predicted octanol–water partition coefficient (Wildman–Crippen LogP) is 0.396. The van der Waals surface area contributed by atoms with Crippen LogP contribution in [0.15, 0.2) is 18.3 Å². The van der Waals surface area contributed by atoms with Crippen molar-refractivity contribution in [1.29, 1.82) is 0 Å². The van der Waals surface area contributed by atoms with Crippen molar-refractivity contribution in [2.45, 2.75) is 19.1 Å². The molecule has 0 spiro atoms. The molecular formula is C10H12N3O3PS-2. The van der Waals surface area contributed by atoms with E-state index in [-0.39, 0.29) is 0 Å². The van der Waals surface area contributed by atoms with Gasteiger partial charge in [-0.25, -0.2) is 9.50 Å². The number of rotatable bonds is 5. The lowest BCUT2D eigenvalue weighted by Gasteiger charge is -2.28. The summed E-state index contributed by atoms with van der Waals surface area (Å²) in [5.74, 6) is 0.419. The van der Waals surface area contributed by atoms with E-state index >= 15 is 0 Å². The van der Waals surface area contributed by atoms with Gasteiger partial charge in [-0.1, -0.05) is 14.5 Å². The second kappa shape index (κ2) is 5.40. The summed E-state index contributed by atoms with van der Waals surface area (Å²) in [7, 11) is -4.45. The standard InChI is InChI=1S/C10H14N3O3PS/c1-2-8-5-9(6-18-7-17(14,15)16)13-10(12-8)3-4-11-13/h3-5H,2,6-7H2,1H3,(H2,14,15,16)/p-2. The SMILES string of the molecule is CCc1cc(CSCP(=O)([O-])[O-])n2nccc2n1. The van der Waals surface area contributed by atoms with E-state index < -0.39 is 13.1 Å². The minimum Gasteiger partial charge on any atom is -0.810 e. The Hall–Kier alpha value is -0.880. The highest BCUT2D eigenvalue weighted by atomic mass is 32.2. The minimum absolute atomic E-state index is 0.403. The van der Waals surface area contributed by atoms with E-state index in [0.29, 0.717) is 5.75 Å². The Bertz CT molecular complexity index is 595. The number of hydrogen-bond donors (Lipinski definition) is 0. The molecule has 0 unspecified atom stereocenters. The van der Waals surface area contributed by atoms with Crippen molar-refractivity contribution in [2.75, 3.05) is 5.49 Å². The van der Waals surface area contributed by atoms with E-state index in [1.54, 1.807) is 16.8 Å². The van der Waals surface area contributed by atoms with Gasteiger partial charge in [0, 0.05) is 23.0 Å². The Morgan fingerprint density at radius 2 is 2.28 bits per heavy atom. The molecule has 0 saturated carbocycles. The molecule has 98 valence electrons. The molecule has 6 nitrogen and oxygen atoms in total. The third-order valence-electron chi connectivity index (χ3n) is 2.35. The van der Waals surface area contributed by atoms with Crippen molar-refractivity contribution in [3.63, 3.8) is 0 Å². The van der Waals surface area contributed by atoms with Crippen LogP contribution < -0.4 is 9.79 Å². The van der Waals surface area contributed by atoms with Crippen LogP contribution in [-0.4, -0.2) is 20.1 Å². The molecule has 0 saturated heterocycles. The van der Waals surface area contributed by atoms with Crippen LogP contribution >= 0.6 is 19.4 Å². The molecule has 2 aromatic rings. The van der Waals surface area contributed by atoms with Gasteiger partial charge >= 0.3 is 0 Å². The van der Waals surface area contributed by atoms with Gasteiger partial charge in [-0.05, 0) is 12.5 Å². The summed E-state index contributed by atoms with van der Waals surface area (Å²) >= 11 is 1.07. The topological polar surface area (TPSA) is 93.4 Å². The van der Waals surface area contributed by atoms with Crippen LogP contribution in [0.3, 0.4) is 0 Å². The molecule has 2 aromatic heterocycles. The number of fused-ring (bicyclic) bond motifs is 1. The molecule has 0 atom stereocenters. The Morgan fingerprint density at radius 3 is 2.94 bits per heavy atom. The molecule has 0 N–H and O–H groups in total. The number of nitrogens with zero attached hydrogens (tertiary/aromatic N) is 3. The van der Waals surface area contributed by atoms with Crippen LogP contribution in [0.4, 0.5) is 0 Å². The van der Waals surface area contributed by atoms with E-state index in [1.165, 1.54) is 0 Å². The highest BCUT2D eigenvalue weighted by Gasteiger charge is 2.06. The Kier molecular flexibility index (Phi) is 4.07. The van der Waals surface area contributed by atoms with Gasteiger partial charge in [0.25, 0.3) is 0 Å². The first-order chi connectivity index (χ1) is 8.49. The van der Waals surface area contributed by atoms with Crippen LogP contribution in [0.5, 0.6) is 0 Å². The first-order valence-electron chi connectivity index (χ1n) is 5.41. The zero-order valence-corrected chi connectivity index (χ0v) is 11.5. The van der Waals surface area contributed by atoms with Crippen molar-refractivity contribution in [3.8, 4) is 0 Å². The Morgan fingerprint density at radius 1 is 1.50 bits per heavy atom. The Balaban J connectivity index is 2.20. The van der Waals surface area contributed by atoms with Crippen molar-refractivity contribution < 1.29 is 14.4 Å². The molecule has 2 heterocycles. The number of hydrogen-bond acceptors (Lipinski definition) is 6. The fourth-order valence-electron chi connectivity index (χ4n) is 1.58. The molecule has 0 aliphatic carbocycles. The molecule has 0 bridgehead atoms. The molecule has 0 aromatic carbocycles. The van der Waals surface area contributed by atoms with E-state index in [0.717, 1.165) is 35.2 Å². The molecule has 8 heteroatoms. The van der Waals surface area contributed by atoms with Gasteiger partial charge in [-0.15, -0.1) is 0 Å². The summed E-state index contributed by atoms with van der Waals surface area (Å²) < 4.78 is 12.2. The zero-order chi connectivity index (χ0) is 13.2. The maximum atomic E-state index is 10.6. The predicted molar refractivity (Wildman–Crippen MR) is 66.1 cm³/mol. The molecule has 0 amide bonds. The lowest BCUT2D eigenvalue weighted by atomic mass is 10.3. The van der Waals surface area contributed by atoms with Crippen molar-refractivity contribution >= 4 is 25.0 Å².